The molecule has 0 saturated carbocycles. The van der Waals surface area contributed by atoms with Gasteiger partial charge in [0.25, 0.3) is 0 Å². The molecule has 0 aliphatic carbocycles. The quantitative estimate of drug-likeness (QED) is 0.759. The van der Waals surface area contributed by atoms with Crippen molar-refractivity contribution in [2.45, 2.75) is 0 Å². The highest BCUT2D eigenvalue weighted by Gasteiger charge is 2.01. The molecule has 1 aromatic rings. The first-order chi connectivity index (χ1) is 4.70. The zero-order valence-corrected chi connectivity index (χ0v) is 6.99. The molecule has 0 spiro atoms. The molecule has 0 atom stereocenters. The second-order valence-electron chi connectivity index (χ2n) is 1.62. The molecular weight excluding hydrogens is 245 g/mol. The third-order valence-electron chi connectivity index (χ3n) is 0.904. The molecule has 4 heteroatoms. The maximum atomic E-state index is 10.3. The first-order valence-corrected chi connectivity index (χ1v) is 3.54. The van der Waals surface area contributed by atoms with Gasteiger partial charge in [-0.25, -0.2) is 4.79 Å². The van der Waals surface area contributed by atoms with Crippen LogP contribution >= 0.6 is 22.6 Å². The maximum Gasteiger partial charge on any atom is 0.337 e. The zero-order valence-electron chi connectivity index (χ0n) is 4.84. The number of hydrogen-bond donors (Lipinski definition) is 1. The lowest BCUT2D eigenvalue weighted by atomic mass is 10.3. The van der Waals surface area contributed by atoms with Crippen molar-refractivity contribution in [3.8, 4) is 0 Å². The molecule has 0 aliphatic rings. The molecule has 1 aromatic heterocycles. The molecule has 51 valence electrons. The van der Waals surface area contributed by atoms with Crippen LogP contribution in [-0.4, -0.2) is 16.1 Å². The Morgan fingerprint density at radius 3 is 2.90 bits per heavy atom. The number of carboxylic acids is 1. The second kappa shape index (κ2) is 2.96. The van der Waals surface area contributed by atoms with Crippen LogP contribution < -0.4 is 0 Å². The summed E-state index contributed by atoms with van der Waals surface area (Å²) >= 11 is 1.96. The minimum atomic E-state index is -0.959. The SMILES string of the molecule is O=C(O)c1cn[c]c(I)c1. The van der Waals surface area contributed by atoms with Crippen molar-refractivity contribution >= 4 is 28.6 Å². The molecule has 0 saturated heterocycles. The molecule has 0 aliphatic heterocycles. The van der Waals surface area contributed by atoms with Gasteiger partial charge >= 0.3 is 5.97 Å². The standard InChI is InChI=1S/C6H3INO2/c7-5-1-4(6(9)10)2-8-3-5/h1-2H,(H,9,10). The third kappa shape index (κ3) is 1.66. The Hall–Kier alpha value is -0.650. The molecule has 0 bridgehead atoms. The molecule has 3 nitrogen and oxygen atoms in total. The van der Waals surface area contributed by atoms with Gasteiger partial charge in [-0.15, -0.1) is 0 Å². The van der Waals surface area contributed by atoms with E-state index in [4.69, 9.17) is 5.11 Å². The van der Waals surface area contributed by atoms with Crippen LogP contribution in [0.1, 0.15) is 10.4 Å². The summed E-state index contributed by atoms with van der Waals surface area (Å²) < 4.78 is 0.706. The van der Waals surface area contributed by atoms with Crippen LogP contribution in [0.5, 0.6) is 0 Å². The number of aromatic carboxylic acids is 1. The molecule has 1 rings (SSSR count). The normalized spacial score (nSPS) is 9.30. The lowest BCUT2D eigenvalue weighted by Crippen LogP contribution is -1.96. The van der Waals surface area contributed by atoms with E-state index in [1.165, 1.54) is 12.3 Å². The van der Waals surface area contributed by atoms with Crippen LogP contribution in [0.3, 0.4) is 0 Å². The van der Waals surface area contributed by atoms with Crippen LogP contribution in [-0.2, 0) is 0 Å². The van der Waals surface area contributed by atoms with Crippen molar-refractivity contribution in [3.63, 3.8) is 0 Å². The monoisotopic (exact) mass is 248 g/mol. The number of hydrogen-bond acceptors (Lipinski definition) is 2. The molecule has 0 fully saturated rings. The molecule has 0 unspecified atom stereocenters. The molecule has 10 heavy (non-hydrogen) atoms. The largest absolute Gasteiger partial charge is 0.478 e. The van der Waals surface area contributed by atoms with Crippen molar-refractivity contribution in [2.24, 2.45) is 0 Å². The van der Waals surface area contributed by atoms with Crippen LogP contribution in [0.15, 0.2) is 12.3 Å². The minimum absolute atomic E-state index is 0.197. The third-order valence-corrected chi connectivity index (χ3v) is 1.46. The van der Waals surface area contributed by atoms with E-state index in [9.17, 15) is 4.79 Å². The molecular formula is C6H3INO2. The highest BCUT2D eigenvalue weighted by molar-refractivity contribution is 14.1. The number of halogens is 1. The van der Waals surface area contributed by atoms with Gasteiger partial charge in [0.15, 0.2) is 0 Å². The van der Waals surface area contributed by atoms with E-state index in [1.807, 2.05) is 22.6 Å². The van der Waals surface area contributed by atoms with Crippen LogP contribution in [0.25, 0.3) is 0 Å². The zero-order chi connectivity index (χ0) is 7.56. The molecule has 1 N–H and O–H groups in total. The first kappa shape index (κ1) is 7.46. The number of aromatic nitrogens is 1. The Balaban J connectivity index is 3.07. The first-order valence-electron chi connectivity index (χ1n) is 2.46. The highest BCUT2D eigenvalue weighted by Crippen LogP contribution is 2.03. The Labute approximate surface area is 71.2 Å². The summed E-state index contributed by atoms with van der Waals surface area (Å²) in [4.78, 5) is 13.9. The number of carboxylic acid groups (broad SMARTS) is 1. The Morgan fingerprint density at radius 1 is 1.80 bits per heavy atom. The van der Waals surface area contributed by atoms with Crippen molar-refractivity contribution in [3.05, 3.63) is 27.6 Å². The van der Waals surface area contributed by atoms with E-state index < -0.39 is 5.97 Å². The molecule has 0 aromatic carbocycles. The lowest BCUT2D eigenvalue weighted by Gasteiger charge is -1.91. The Kier molecular flexibility index (Phi) is 2.21. The smallest absolute Gasteiger partial charge is 0.337 e. The Morgan fingerprint density at radius 2 is 2.50 bits per heavy atom. The predicted molar refractivity (Wildman–Crippen MR) is 42.7 cm³/mol. The van der Waals surface area contributed by atoms with Gasteiger partial charge in [0.05, 0.1) is 5.56 Å². The van der Waals surface area contributed by atoms with E-state index in [0.29, 0.717) is 3.57 Å². The molecule has 1 radical (unpaired) electrons. The number of carbonyl (C=O) groups is 1. The van der Waals surface area contributed by atoms with E-state index in [1.54, 1.807) is 0 Å². The number of pyridine rings is 1. The van der Waals surface area contributed by atoms with E-state index >= 15 is 0 Å². The number of rotatable bonds is 1. The summed E-state index contributed by atoms with van der Waals surface area (Å²) in [6.07, 6.45) is 3.87. The second-order valence-corrected chi connectivity index (χ2v) is 2.78. The molecule has 1 heterocycles. The van der Waals surface area contributed by atoms with Gasteiger partial charge in [-0.2, -0.15) is 0 Å². The Bertz CT molecular complexity index is 262. The lowest BCUT2D eigenvalue weighted by molar-refractivity contribution is 0.0696. The van der Waals surface area contributed by atoms with Crippen molar-refractivity contribution in [2.75, 3.05) is 0 Å². The van der Waals surface area contributed by atoms with Crippen LogP contribution in [0.2, 0.25) is 0 Å². The van der Waals surface area contributed by atoms with Crippen LogP contribution in [0.4, 0.5) is 0 Å². The topological polar surface area (TPSA) is 50.2 Å². The van der Waals surface area contributed by atoms with Gasteiger partial charge in [0, 0.05) is 9.77 Å². The van der Waals surface area contributed by atoms with Gasteiger partial charge < -0.3 is 5.11 Å². The fourth-order valence-corrected chi connectivity index (χ4v) is 0.961. The van der Waals surface area contributed by atoms with E-state index in [0.717, 1.165) is 0 Å². The van der Waals surface area contributed by atoms with Gasteiger partial charge in [0.1, 0.15) is 6.20 Å². The molecule has 0 amide bonds. The van der Waals surface area contributed by atoms with Gasteiger partial charge in [-0.05, 0) is 28.7 Å². The van der Waals surface area contributed by atoms with Crippen molar-refractivity contribution in [1.82, 2.24) is 4.98 Å². The average molecular weight is 248 g/mol. The van der Waals surface area contributed by atoms with E-state index in [-0.39, 0.29) is 5.56 Å². The maximum absolute atomic E-state index is 10.3. The van der Waals surface area contributed by atoms with E-state index in [2.05, 4.69) is 11.2 Å². The van der Waals surface area contributed by atoms with Crippen molar-refractivity contribution in [1.29, 1.82) is 0 Å². The van der Waals surface area contributed by atoms with Gasteiger partial charge in [-0.1, -0.05) is 0 Å². The predicted octanol–water partition coefficient (Wildman–Crippen LogP) is 1.18. The fourth-order valence-electron chi connectivity index (χ4n) is 0.487. The van der Waals surface area contributed by atoms with Crippen molar-refractivity contribution < 1.29 is 9.90 Å². The van der Waals surface area contributed by atoms with Gasteiger partial charge in [0.2, 0.25) is 0 Å². The van der Waals surface area contributed by atoms with Crippen LogP contribution in [0, 0.1) is 9.77 Å². The fraction of sp³-hybridized carbons (Fsp3) is 0. The summed E-state index contributed by atoms with van der Waals surface area (Å²) in [5, 5.41) is 8.45. The van der Waals surface area contributed by atoms with Gasteiger partial charge in [-0.3, -0.25) is 4.98 Å². The summed E-state index contributed by atoms with van der Waals surface area (Å²) in [5.74, 6) is -0.959. The summed E-state index contributed by atoms with van der Waals surface area (Å²) in [7, 11) is 0. The number of nitrogens with zero attached hydrogens (tertiary/aromatic N) is 1. The summed E-state index contributed by atoms with van der Waals surface area (Å²) in [6.45, 7) is 0. The minimum Gasteiger partial charge on any atom is -0.478 e. The summed E-state index contributed by atoms with van der Waals surface area (Å²) in [6, 6.07) is 1.51. The highest BCUT2D eigenvalue weighted by atomic mass is 127. The summed E-state index contributed by atoms with van der Waals surface area (Å²) in [5.41, 5.74) is 0.197. The average Bonchev–Trinajstić information content (AvgIpc) is 1.88.